The van der Waals surface area contributed by atoms with E-state index in [0.29, 0.717) is 0 Å². The fraction of sp³-hybridized carbons (Fsp3) is 0.382. The molecule has 3 rings (SSSR count). The molecule has 0 N–H and O–H groups in total. The molecule has 0 saturated carbocycles. The van der Waals surface area contributed by atoms with Gasteiger partial charge in [-0.1, -0.05) is 101 Å². The molecular formula is C34H40O6S. The minimum absolute atomic E-state index is 0.0200. The van der Waals surface area contributed by atoms with Gasteiger partial charge in [-0.15, -0.1) is 11.3 Å². The average Bonchev–Trinajstić information content (AvgIpc) is 3.46. The lowest BCUT2D eigenvalue weighted by Crippen LogP contribution is -2.58. The van der Waals surface area contributed by atoms with Crippen LogP contribution in [0.3, 0.4) is 0 Å². The zero-order chi connectivity index (χ0) is 29.9. The van der Waals surface area contributed by atoms with Gasteiger partial charge in [0.25, 0.3) is 0 Å². The van der Waals surface area contributed by atoms with Gasteiger partial charge in [0.05, 0.1) is 5.92 Å². The zero-order valence-electron chi connectivity index (χ0n) is 24.5. The molecule has 0 fully saturated rings. The molecule has 2 atom stereocenters. The third-order valence-electron chi connectivity index (χ3n) is 6.91. The molecule has 0 amide bonds. The molecule has 0 saturated heterocycles. The second-order valence-electron chi connectivity index (χ2n) is 11.4. The first kappa shape index (κ1) is 31.8. The normalized spacial score (nSPS) is 13.9. The molecule has 0 bridgehead atoms. The van der Waals surface area contributed by atoms with E-state index in [1.54, 1.807) is 38.2 Å². The van der Waals surface area contributed by atoms with E-state index < -0.39 is 34.7 Å². The molecule has 0 radical (unpaired) electrons. The fourth-order valence-electron chi connectivity index (χ4n) is 4.88. The van der Waals surface area contributed by atoms with Gasteiger partial charge >= 0.3 is 17.9 Å². The molecule has 41 heavy (non-hydrogen) atoms. The van der Waals surface area contributed by atoms with E-state index >= 15 is 0 Å². The van der Waals surface area contributed by atoms with Crippen LogP contribution >= 0.6 is 11.3 Å². The van der Waals surface area contributed by atoms with Crippen LogP contribution in [0.2, 0.25) is 0 Å². The van der Waals surface area contributed by atoms with E-state index in [-0.39, 0.29) is 32.2 Å². The van der Waals surface area contributed by atoms with Gasteiger partial charge in [-0.05, 0) is 52.5 Å². The van der Waals surface area contributed by atoms with E-state index in [9.17, 15) is 14.4 Å². The first-order valence-corrected chi connectivity index (χ1v) is 14.7. The Bertz CT molecular complexity index is 1280. The summed E-state index contributed by atoms with van der Waals surface area (Å²) in [6.45, 7) is 9.08. The third kappa shape index (κ3) is 8.40. The summed E-state index contributed by atoms with van der Waals surface area (Å²) in [4.78, 5) is 43.2. The van der Waals surface area contributed by atoms with Gasteiger partial charge in [0, 0.05) is 4.88 Å². The van der Waals surface area contributed by atoms with Crippen LogP contribution in [-0.2, 0) is 41.8 Å². The lowest BCUT2D eigenvalue weighted by molar-refractivity contribution is -0.196. The Labute approximate surface area is 247 Å². The average molecular weight is 577 g/mol. The molecular weight excluding hydrogens is 536 g/mol. The number of ether oxygens (including phenoxy) is 3. The largest absolute Gasteiger partial charge is 0.461 e. The first-order chi connectivity index (χ1) is 19.6. The molecule has 1 aromatic heterocycles. The molecule has 218 valence electrons. The van der Waals surface area contributed by atoms with Gasteiger partial charge in [-0.3, -0.25) is 14.4 Å². The van der Waals surface area contributed by atoms with E-state index in [1.165, 1.54) is 0 Å². The van der Waals surface area contributed by atoms with Crippen LogP contribution < -0.4 is 0 Å². The molecule has 7 heteroatoms. The van der Waals surface area contributed by atoms with Crippen LogP contribution in [0.15, 0.2) is 84.3 Å². The number of esters is 3. The van der Waals surface area contributed by atoms with Crippen molar-refractivity contribution in [3.63, 3.8) is 0 Å². The predicted octanol–water partition coefficient (Wildman–Crippen LogP) is 7.49. The van der Waals surface area contributed by atoms with Gasteiger partial charge in [-0.2, -0.15) is 0 Å². The van der Waals surface area contributed by atoms with E-state index in [4.69, 9.17) is 14.2 Å². The van der Waals surface area contributed by atoms with Gasteiger partial charge < -0.3 is 14.2 Å². The molecule has 0 aliphatic rings. The summed E-state index contributed by atoms with van der Waals surface area (Å²) in [6.07, 6.45) is 3.80. The maximum Gasteiger partial charge on any atom is 0.325 e. The number of carbonyl (C=O) groups is 3. The highest BCUT2D eigenvalue weighted by molar-refractivity contribution is 7.10. The Hall–Kier alpha value is -3.71. The predicted molar refractivity (Wildman–Crippen MR) is 162 cm³/mol. The number of benzene rings is 2. The van der Waals surface area contributed by atoms with Crippen LogP contribution in [0.4, 0.5) is 0 Å². The van der Waals surface area contributed by atoms with Crippen molar-refractivity contribution in [1.82, 2.24) is 0 Å². The Kier molecular flexibility index (Phi) is 11.5. The van der Waals surface area contributed by atoms with Crippen molar-refractivity contribution in [1.29, 1.82) is 0 Å². The summed E-state index contributed by atoms with van der Waals surface area (Å²) in [5.74, 6) is -3.41. The minimum atomic E-state index is -1.96. The highest BCUT2D eigenvalue weighted by Crippen LogP contribution is 2.50. The van der Waals surface area contributed by atoms with Gasteiger partial charge in [0.1, 0.15) is 19.8 Å². The number of rotatable bonds is 13. The standard InChI is InChI=1S/C34H40O6S/c1-25(2)22-29(30(35)39-23-26-14-8-6-9-15-26)34(33(3,4)5,32(37)40-24-27-16-10-7-11-17-27)31(36)38-20-12-18-28-19-13-21-41-28/h6-19,21,25,29H,20,22-24H2,1-5H3/t29-,34?/m0/s1. The monoisotopic (exact) mass is 576 g/mol. The molecule has 0 aliphatic heterocycles. The van der Waals surface area contributed by atoms with Gasteiger partial charge in [0.15, 0.2) is 5.41 Å². The van der Waals surface area contributed by atoms with E-state index in [1.807, 2.05) is 98.1 Å². The lowest BCUT2D eigenvalue weighted by atomic mass is 9.57. The third-order valence-corrected chi connectivity index (χ3v) is 7.75. The van der Waals surface area contributed by atoms with Gasteiger partial charge in [0.2, 0.25) is 0 Å². The van der Waals surface area contributed by atoms with Crippen molar-refractivity contribution in [3.8, 4) is 0 Å². The molecule has 1 heterocycles. The number of hydrogen-bond donors (Lipinski definition) is 0. The van der Waals surface area contributed by atoms with Crippen molar-refractivity contribution in [2.24, 2.45) is 22.7 Å². The fourth-order valence-corrected chi connectivity index (χ4v) is 5.52. The lowest BCUT2D eigenvalue weighted by Gasteiger charge is -2.44. The minimum Gasteiger partial charge on any atom is -0.461 e. The maximum absolute atomic E-state index is 14.2. The summed E-state index contributed by atoms with van der Waals surface area (Å²) in [7, 11) is 0. The number of thiophene rings is 1. The van der Waals surface area contributed by atoms with Crippen molar-refractivity contribution >= 4 is 35.3 Å². The van der Waals surface area contributed by atoms with Crippen LogP contribution in [0.5, 0.6) is 0 Å². The Balaban J connectivity index is 1.99. The number of hydrogen-bond acceptors (Lipinski definition) is 7. The quantitative estimate of drug-likeness (QED) is 0.119. The molecule has 0 aliphatic carbocycles. The summed E-state index contributed by atoms with van der Waals surface area (Å²) in [5, 5.41) is 1.95. The molecule has 3 aromatic rings. The van der Waals surface area contributed by atoms with Gasteiger partial charge in [-0.25, -0.2) is 0 Å². The summed E-state index contributed by atoms with van der Waals surface area (Å²) < 4.78 is 17.3. The molecule has 6 nitrogen and oxygen atoms in total. The second-order valence-corrected chi connectivity index (χ2v) is 12.4. The molecule has 0 spiro atoms. The smallest absolute Gasteiger partial charge is 0.325 e. The molecule has 2 aromatic carbocycles. The summed E-state index contributed by atoms with van der Waals surface area (Å²) in [6, 6.07) is 22.4. The maximum atomic E-state index is 14.2. The van der Waals surface area contributed by atoms with Crippen molar-refractivity contribution in [3.05, 3.63) is 100 Å². The van der Waals surface area contributed by atoms with Crippen LogP contribution in [-0.4, -0.2) is 24.5 Å². The van der Waals surface area contributed by atoms with Crippen molar-refractivity contribution in [2.45, 2.75) is 54.3 Å². The van der Waals surface area contributed by atoms with E-state index in [2.05, 4.69) is 0 Å². The van der Waals surface area contributed by atoms with Crippen LogP contribution in [0.1, 0.15) is 57.0 Å². The van der Waals surface area contributed by atoms with E-state index in [0.717, 1.165) is 16.0 Å². The zero-order valence-corrected chi connectivity index (χ0v) is 25.3. The van der Waals surface area contributed by atoms with Crippen molar-refractivity contribution in [2.75, 3.05) is 6.61 Å². The Morgan fingerprint density at radius 2 is 1.34 bits per heavy atom. The Morgan fingerprint density at radius 1 is 0.780 bits per heavy atom. The number of carbonyl (C=O) groups excluding carboxylic acids is 3. The molecule has 1 unspecified atom stereocenters. The highest BCUT2D eigenvalue weighted by Gasteiger charge is 2.65. The van der Waals surface area contributed by atoms with Crippen LogP contribution in [0.25, 0.3) is 6.08 Å². The highest BCUT2D eigenvalue weighted by atomic mass is 32.1. The second kappa shape index (κ2) is 14.8. The van der Waals surface area contributed by atoms with Crippen molar-refractivity contribution < 1.29 is 28.6 Å². The van der Waals surface area contributed by atoms with Crippen LogP contribution in [0, 0.1) is 22.7 Å². The first-order valence-electron chi connectivity index (χ1n) is 13.8. The summed E-state index contributed by atoms with van der Waals surface area (Å²) in [5.41, 5.74) is -1.45. The topological polar surface area (TPSA) is 78.9 Å². The Morgan fingerprint density at radius 3 is 1.85 bits per heavy atom. The SMILES string of the molecule is CC(C)C[C@@H](C(=O)OCc1ccccc1)C(C(=O)OCC=Cc1cccs1)(C(=O)OCc1ccccc1)C(C)(C)C. The summed E-state index contributed by atoms with van der Waals surface area (Å²) >= 11 is 1.56.